The van der Waals surface area contributed by atoms with Crippen LogP contribution in [-0.4, -0.2) is 32.7 Å². The van der Waals surface area contributed by atoms with Crippen LogP contribution in [0.1, 0.15) is 47.0 Å². The highest BCUT2D eigenvalue weighted by molar-refractivity contribution is 7.71. The summed E-state index contributed by atoms with van der Waals surface area (Å²) in [6.45, 7) is 0.725. The molecule has 12 heteroatoms. The fraction of sp³-hybridized carbons (Fsp3) is 0.391. The molecule has 1 saturated heterocycles. The predicted molar refractivity (Wildman–Crippen MR) is 118 cm³/mol. The number of benzene rings is 2. The first-order chi connectivity index (χ1) is 16.5. The van der Waals surface area contributed by atoms with E-state index in [2.05, 4.69) is 20.1 Å². The SMILES string of the molecule is FC(F)(F)c1cc(CO[C@H]2CCCN(Cc3n[nH]c(=S)[nH]3)[C@H]2c2ccccc2)cc(C(F)(F)F)c1. The van der Waals surface area contributed by atoms with Crippen LogP contribution in [0.15, 0.2) is 48.5 Å². The van der Waals surface area contributed by atoms with Gasteiger partial charge in [0.2, 0.25) is 0 Å². The molecule has 1 aliphatic rings. The molecule has 0 saturated carbocycles. The highest BCUT2D eigenvalue weighted by Crippen LogP contribution is 2.38. The van der Waals surface area contributed by atoms with Crippen molar-refractivity contribution in [2.75, 3.05) is 6.54 Å². The second-order valence-electron chi connectivity index (χ2n) is 8.36. The average Bonchev–Trinajstić information content (AvgIpc) is 3.21. The van der Waals surface area contributed by atoms with Gasteiger partial charge < -0.3 is 9.72 Å². The number of piperidine rings is 1. The Morgan fingerprint density at radius 2 is 1.66 bits per heavy atom. The Bertz CT molecular complexity index is 1160. The molecule has 1 aliphatic heterocycles. The molecule has 3 aromatic rings. The number of nitrogens with zero attached hydrogens (tertiary/aromatic N) is 2. The molecule has 0 amide bonds. The van der Waals surface area contributed by atoms with Gasteiger partial charge in [-0.05, 0) is 60.9 Å². The molecule has 35 heavy (non-hydrogen) atoms. The summed E-state index contributed by atoms with van der Waals surface area (Å²) in [5.74, 6) is 0.615. The number of hydrogen-bond donors (Lipinski definition) is 2. The summed E-state index contributed by atoms with van der Waals surface area (Å²) in [6, 6.07) is 10.7. The van der Waals surface area contributed by atoms with Gasteiger partial charge >= 0.3 is 12.4 Å². The molecule has 188 valence electrons. The van der Waals surface area contributed by atoms with Gasteiger partial charge in [-0.1, -0.05) is 30.3 Å². The molecule has 4 rings (SSSR count). The number of alkyl halides is 6. The number of hydrogen-bond acceptors (Lipinski definition) is 4. The summed E-state index contributed by atoms with van der Waals surface area (Å²) < 4.78 is 85.8. The van der Waals surface area contributed by atoms with Crippen LogP contribution < -0.4 is 0 Å². The maximum atomic E-state index is 13.2. The van der Waals surface area contributed by atoms with E-state index in [4.69, 9.17) is 17.0 Å². The standard InChI is InChI=1S/C23H22F6N4OS/c24-22(25,26)16-9-14(10-17(11-16)23(27,28)29)13-34-18-7-4-8-33(12-19-30-21(35)32-31-19)20(18)15-5-2-1-3-6-15/h1-3,5-6,9-11,18,20H,4,7-8,12-13H2,(H2,30,31,32,35)/t18-,20-/m0/s1. The molecule has 0 spiro atoms. The zero-order valence-electron chi connectivity index (χ0n) is 18.3. The number of rotatable bonds is 6. The van der Waals surface area contributed by atoms with Gasteiger partial charge in [-0.2, -0.15) is 31.4 Å². The minimum absolute atomic E-state index is 0.117. The van der Waals surface area contributed by atoms with E-state index in [0.29, 0.717) is 42.2 Å². The molecule has 2 aromatic carbocycles. The third-order valence-electron chi connectivity index (χ3n) is 5.84. The van der Waals surface area contributed by atoms with Gasteiger partial charge in [0.25, 0.3) is 0 Å². The van der Waals surface area contributed by atoms with Crippen molar-refractivity contribution in [2.45, 2.75) is 50.5 Å². The monoisotopic (exact) mass is 516 g/mol. The number of ether oxygens (including phenoxy) is 1. The third kappa shape index (κ3) is 6.30. The Kier molecular flexibility index (Phi) is 7.34. The summed E-state index contributed by atoms with van der Waals surface area (Å²) in [7, 11) is 0. The summed E-state index contributed by atoms with van der Waals surface area (Å²) in [5, 5.41) is 6.81. The molecule has 2 heterocycles. The Hall–Kier alpha value is -2.70. The van der Waals surface area contributed by atoms with Crippen LogP contribution in [0.3, 0.4) is 0 Å². The lowest BCUT2D eigenvalue weighted by Gasteiger charge is -2.41. The van der Waals surface area contributed by atoms with Crippen LogP contribution >= 0.6 is 12.2 Å². The van der Waals surface area contributed by atoms with Gasteiger partial charge in [-0.15, -0.1) is 0 Å². The first-order valence-electron chi connectivity index (χ1n) is 10.8. The lowest BCUT2D eigenvalue weighted by atomic mass is 9.92. The summed E-state index contributed by atoms with van der Waals surface area (Å²) in [5.41, 5.74) is -1.98. The molecule has 0 radical (unpaired) electrons. The fourth-order valence-corrected chi connectivity index (χ4v) is 4.50. The van der Waals surface area contributed by atoms with E-state index < -0.39 is 29.6 Å². The van der Waals surface area contributed by atoms with E-state index >= 15 is 0 Å². The maximum Gasteiger partial charge on any atom is 0.416 e. The van der Waals surface area contributed by atoms with Gasteiger partial charge in [0.05, 0.1) is 36.4 Å². The van der Waals surface area contributed by atoms with Crippen molar-refractivity contribution in [3.8, 4) is 0 Å². The first kappa shape index (κ1) is 25.4. The van der Waals surface area contributed by atoms with Crippen LogP contribution in [0, 0.1) is 4.77 Å². The largest absolute Gasteiger partial charge is 0.416 e. The number of aromatic amines is 2. The van der Waals surface area contributed by atoms with Crippen molar-refractivity contribution in [1.82, 2.24) is 20.1 Å². The zero-order chi connectivity index (χ0) is 25.2. The van der Waals surface area contributed by atoms with Crippen molar-refractivity contribution in [1.29, 1.82) is 0 Å². The van der Waals surface area contributed by atoms with Crippen LogP contribution in [0.5, 0.6) is 0 Å². The third-order valence-corrected chi connectivity index (χ3v) is 6.03. The molecule has 0 unspecified atom stereocenters. The molecule has 1 aromatic heterocycles. The molecule has 2 atom stereocenters. The van der Waals surface area contributed by atoms with Gasteiger partial charge in [-0.3, -0.25) is 10.00 Å². The number of H-pyrrole nitrogens is 2. The van der Waals surface area contributed by atoms with E-state index in [1.54, 1.807) is 0 Å². The Morgan fingerprint density at radius 3 is 2.23 bits per heavy atom. The minimum atomic E-state index is -4.91. The number of halogens is 6. The summed E-state index contributed by atoms with van der Waals surface area (Å²) >= 11 is 5.04. The van der Waals surface area contributed by atoms with Crippen molar-refractivity contribution >= 4 is 12.2 Å². The Balaban J connectivity index is 1.60. The van der Waals surface area contributed by atoms with Crippen LogP contribution in [0.25, 0.3) is 0 Å². The summed E-state index contributed by atoms with van der Waals surface area (Å²) in [6.07, 6.45) is -8.95. The van der Waals surface area contributed by atoms with Crippen LogP contribution in [-0.2, 0) is 30.2 Å². The van der Waals surface area contributed by atoms with Gasteiger partial charge in [-0.25, -0.2) is 0 Å². The van der Waals surface area contributed by atoms with Crippen molar-refractivity contribution in [3.63, 3.8) is 0 Å². The van der Waals surface area contributed by atoms with E-state index in [1.165, 1.54) is 0 Å². The molecule has 0 aliphatic carbocycles. The fourth-order valence-electron chi connectivity index (χ4n) is 4.33. The second kappa shape index (κ2) is 10.1. The molecule has 1 fully saturated rings. The minimum Gasteiger partial charge on any atom is -0.372 e. The normalized spacial score (nSPS) is 19.7. The molecular weight excluding hydrogens is 494 g/mol. The number of nitrogens with one attached hydrogen (secondary N) is 2. The van der Waals surface area contributed by atoms with E-state index in [9.17, 15) is 26.3 Å². The lowest BCUT2D eigenvalue weighted by Crippen LogP contribution is -2.42. The Labute approximate surface area is 202 Å². The highest BCUT2D eigenvalue weighted by Gasteiger charge is 2.38. The molecule has 0 bridgehead atoms. The van der Waals surface area contributed by atoms with E-state index in [-0.39, 0.29) is 24.3 Å². The van der Waals surface area contributed by atoms with Crippen molar-refractivity contribution < 1.29 is 31.1 Å². The Morgan fingerprint density at radius 1 is 1.00 bits per heavy atom. The number of aromatic nitrogens is 3. The maximum absolute atomic E-state index is 13.2. The second-order valence-corrected chi connectivity index (χ2v) is 8.76. The highest BCUT2D eigenvalue weighted by atomic mass is 32.1. The van der Waals surface area contributed by atoms with E-state index in [1.807, 2.05) is 30.3 Å². The first-order valence-corrected chi connectivity index (χ1v) is 11.2. The van der Waals surface area contributed by atoms with Crippen LogP contribution in [0.4, 0.5) is 26.3 Å². The van der Waals surface area contributed by atoms with Gasteiger partial charge in [0, 0.05) is 0 Å². The molecule has 2 N–H and O–H groups in total. The molecular formula is C23H22F6N4OS. The number of likely N-dealkylation sites (tertiary alicyclic amines) is 1. The van der Waals surface area contributed by atoms with Crippen LogP contribution in [0.2, 0.25) is 0 Å². The van der Waals surface area contributed by atoms with Gasteiger partial charge in [0.15, 0.2) is 4.77 Å². The lowest BCUT2D eigenvalue weighted by molar-refractivity contribution is -0.143. The van der Waals surface area contributed by atoms with Gasteiger partial charge in [0.1, 0.15) is 5.82 Å². The smallest absolute Gasteiger partial charge is 0.372 e. The quantitative estimate of drug-likeness (QED) is 0.293. The van der Waals surface area contributed by atoms with Crippen molar-refractivity contribution in [3.05, 3.63) is 81.4 Å². The topological polar surface area (TPSA) is 56.9 Å². The summed E-state index contributed by atoms with van der Waals surface area (Å²) in [4.78, 5) is 5.07. The predicted octanol–water partition coefficient (Wildman–Crippen LogP) is 6.43. The zero-order valence-corrected chi connectivity index (χ0v) is 19.1. The molecule has 5 nitrogen and oxygen atoms in total. The average molecular weight is 517 g/mol. The van der Waals surface area contributed by atoms with Crippen molar-refractivity contribution in [2.24, 2.45) is 0 Å². The van der Waals surface area contributed by atoms with E-state index in [0.717, 1.165) is 12.0 Å².